The van der Waals surface area contributed by atoms with E-state index in [2.05, 4.69) is 0 Å². The van der Waals surface area contributed by atoms with Gasteiger partial charge in [0.05, 0.1) is 0 Å². The minimum Gasteiger partial charge on any atom is -0.297 e. The van der Waals surface area contributed by atoms with Gasteiger partial charge in [0.25, 0.3) is 5.91 Å². The van der Waals surface area contributed by atoms with Crippen LogP contribution >= 0.6 is 0 Å². The highest BCUT2D eigenvalue weighted by Gasteiger charge is 2.58. The normalized spacial score (nSPS) is 15.9. The number of imide groups is 1. The van der Waals surface area contributed by atoms with Crippen LogP contribution in [0.15, 0.2) is 91.0 Å². The zero-order chi connectivity index (χ0) is 19.6. The Labute approximate surface area is 165 Å². The number of carbonyl (C=O) groups excluding carboxylic acids is 2. The van der Waals surface area contributed by atoms with Crippen LogP contribution in [0.3, 0.4) is 0 Å². The molecule has 0 aliphatic carbocycles. The number of nitrogens with zero attached hydrogens (tertiary/aromatic N) is 2. The fourth-order valence-electron chi connectivity index (χ4n) is 4.00. The van der Waals surface area contributed by atoms with Crippen molar-refractivity contribution in [3.05, 3.63) is 108 Å². The molecule has 4 rings (SSSR count). The van der Waals surface area contributed by atoms with E-state index >= 15 is 0 Å². The summed E-state index contributed by atoms with van der Waals surface area (Å²) in [6, 6.07) is 28.7. The fourth-order valence-corrected chi connectivity index (χ4v) is 4.00. The lowest BCUT2D eigenvalue weighted by atomic mass is 9.81. The highest BCUT2D eigenvalue weighted by molar-refractivity contribution is 6.09. The summed E-state index contributed by atoms with van der Waals surface area (Å²) in [5.74, 6) is -0.201. The van der Waals surface area contributed by atoms with Crippen LogP contribution in [-0.4, -0.2) is 28.3 Å². The second kappa shape index (κ2) is 7.31. The number of urea groups is 1. The second-order valence-corrected chi connectivity index (χ2v) is 6.85. The number of benzene rings is 3. The highest BCUT2D eigenvalue weighted by atomic mass is 16.2. The number of amides is 3. The zero-order valence-corrected chi connectivity index (χ0v) is 15.8. The van der Waals surface area contributed by atoms with Crippen molar-refractivity contribution >= 4 is 11.9 Å². The molecule has 3 aromatic carbocycles. The van der Waals surface area contributed by atoms with Crippen molar-refractivity contribution in [1.29, 1.82) is 0 Å². The van der Waals surface area contributed by atoms with Gasteiger partial charge in [-0.15, -0.1) is 0 Å². The maximum absolute atomic E-state index is 13.7. The quantitative estimate of drug-likeness (QED) is 0.624. The summed E-state index contributed by atoms with van der Waals surface area (Å²) in [5.41, 5.74) is 1.40. The largest absolute Gasteiger partial charge is 0.328 e. The Morgan fingerprint density at radius 3 is 1.64 bits per heavy atom. The van der Waals surface area contributed by atoms with Crippen LogP contribution in [0.1, 0.15) is 23.6 Å². The van der Waals surface area contributed by atoms with E-state index in [4.69, 9.17) is 0 Å². The summed E-state index contributed by atoms with van der Waals surface area (Å²) in [6.45, 7) is 2.53. The molecule has 0 saturated carbocycles. The number of hydrogen-bond acceptors (Lipinski definition) is 2. The van der Waals surface area contributed by atoms with Gasteiger partial charge < -0.3 is 0 Å². The Bertz CT molecular complexity index is 932. The van der Waals surface area contributed by atoms with Crippen molar-refractivity contribution in [3.8, 4) is 0 Å². The van der Waals surface area contributed by atoms with Crippen molar-refractivity contribution < 1.29 is 9.59 Å². The van der Waals surface area contributed by atoms with E-state index in [0.717, 1.165) is 16.7 Å². The third-order valence-electron chi connectivity index (χ3n) is 5.30. The summed E-state index contributed by atoms with van der Waals surface area (Å²) in [6.07, 6.45) is 0. The van der Waals surface area contributed by atoms with Crippen LogP contribution in [0.25, 0.3) is 0 Å². The van der Waals surface area contributed by atoms with Crippen molar-refractivity contribution in [2.75, 3.05) is 6.54 Å². The lowest BCUT2D eigenvalue weighted by Crippen LogP contribution is -2.47. The van der Waals surface area contributed by atoms with Gasteiger partial charge in [0.1, 0.15) is 0 Å². The predicted octanol–water partition coefficient (Wildman–Crippen LogP) is 4.41. The van der Waals surface area contributed by atoms with Gasteiger partial charge in [-0.05, 0) is 23.6 Å². The number of rotatable bonds is 5. The molecule has 0 aromatic heterocycles. The van der Waals surface area contributed by atoms with Crippen LogP contribution < -0.4 is 0 Å². The molecule has 1 aliphatic heterocycles. The lowest BCUT2D eigenvalue weighted by Gasteiger charge is -2.36. The molecule has 0 unspecified atom stereocenters. The predicted molar refractivity (Wildman–Crippen MR) is 108 cm³/mol. The first-order valence-electron chi connectivity index (χ1n) is 9.48. The molecule has 3 amide bonds. The molecule has 3 aromatic rings. The number of carbonyl (C=O) groups is 2. The summed E-state index contributed by atoms with van der Waals surface area (Å²) in [4.78, 5) is 30.1. The molecule has 0 atom stereocenters. The molecular formula is C24H22N2O2. The summed E-state index contributed by atoms with van der Waals surface area (Å²) in [7, 11) is 0. The molecule has 1 saturated heterocycles. The third-order valence-corrected chi connectivity index (χ3v) is 5.30. The summed E-state index contributed by atoms with van der Waals surface area (Å²) >= 11 is 0. The van der Waals surface area contributed by atoms with Gasteiger partial charge in [-0.1, -0.05) is 91.0 Å². The van der Waals surface area contributed by atoms with E-state index in [1.807, 2.05) is 97.9 Å². The molecule has 4 heteroatoms. The molecule has 4 nitrogen and oxygen atoms in total. The molecule has 28 heavy (non-hydrogen) atoms. The van der Waals surface area contributed by atoms with Crippen LogP contribution in [0.2, 0.25) is 0 Å². The number of hydrogen-bond donors (Lipinski definition) is 0. The average Bonchev–Trinajstić information content (AvgIpc) is 2.97. The van der Waals surface area contributed by atoms with Gasteiger partial charge in [0.2, 0.25) is 0 Å². The third kappa shape index (κ3) is 2.69. The first kappa shape index (κ1) is 18.0. The van der Waals surface area contributed by atoms with E-state index in [1.165, 1.54) is 4.90 Å². The zero-order valence-electron chi connectivity index (χ0n) is 15.8. The Hall–Kier alpha value is -3.40. The van der Waals surface area contributed by atoms with Gasteiger partial charge in [-0.25, -0.2) is 4.79 Å². The van der Waals surface area contributed by atoms with Crippen LogP contribution in [0, 0.1) is 0 Å². The second-order valence-electron chi connectivity index (χ2n) is 6.85. The van der Waals surface area contributed by atoms with Gasteiger partial charge in [0, 0.05) is 13.1 Å². The number of likely N-dealkylation sites (N-methyl/N-ethyl adjacent to an activating group) is 1. The molecular weight excluding hydrogens is 348 g/mol. The molecule has 1 aliphatic rings. The lowest BCUT2D eigenvalue weighted by molar-refractivity contribution is -0.131. The topological polar surface area (TPSA) is 40.6 Å². The summed E-state index contributed by atoms with van der Waals surface area (Å²) < 4.78 is 0. The average molecular weight is 370 g/mol. The minimum absolute atomic E-state index is 0.201. The van der Waals surface area contributed by atoms with Gasteiger partial charge in [-0.2, -0.15) is 0 Å². The van der Waals surface area contributed by atoms with Crippen molar-refractivity contribution in [1.82, 2.24) is 9.80 Å². The Morgan fingerprint density at radius 1 is 0.714 bits per heavy atom. The van der Waals surface area contributed by atoms with E-state index in [9.17, 15) is 9.59 Å². The summed E-state index contributed by atoms with van der Waals surface area (Å²) in [5, 5.41) is 0. The molecule has 140 valence electrons. The van der Waals surface area contributed by atoms with E-state index < -0.39 is 5.54 Å². The molecule has 1 fully saturated rings. The molecule has 0 N–H and O–H groups in total. The first-order valence-corrected chi connectivity index (χ1v) is 9.48. The SMILES string of the molecule is CCN1C(=O)N(Cc2ccccc2)C(c2ccccc2)(c2ccccc2)C1=O. The Morgan fingerprint density at radius 2 is 1.18 bits per heavy atom. The molecule has 0 radical (unpaired) electrons. The molecule has 0 bridgehead atoms. The van der Waals surface area contributed by atoms with Gasteiger partial charge >= 0.3 is 6.03 Å². The fraction of sp³-hybridized carbons (Fsp3) is 0.167. The van der Waals surface area contributed by atoms with E-state index in [-0.39, 0.29) is 11.9 Å². The monoisotopic (exact) mass is 370 g/mol. The molecule has 0 spiro atoms. The van der Waals surface area contributed by atoms with Crippen LogP contribution in [-0.2, 0) is 16.9 Å². The Balaban J connectivity index is 1.97. The van der Waals surface area contributed by atoms with Crippen molar-refractivity contribution in [2.24, 2.45) is 0 Å². The first-order chi connectivity index (χ1) is 13.7. The van der Waals surface area contributed by atoms with Gasteiger partial charge in [-0.3, -0.25) is 14.6 Å². The standard InChI is InChI=1S/C24H22N2O2/c1-2-25-22(27)24(20-14-8-4-9-15-20,21-16-10-5-11-17-21)26(23(25)28)18-19-12-6-3-7-13-19/h3-17H,2,18H2,1H3. The molecule has 1 heterocycles. The van der Waals surface area contributed by atoms with Crippen LogP contribution in [0.4, 0.5) is 4.79 Å². The Kier molecular flexibility index (Phi) is 4.70. The maximum Gasteiger partial charge on any atom is 0.328 e. The van der Waals surface area contributed by atoms with E-state index in [0.29, 0.717) is 13.1 Å². The van der Waals surface area contributed by atoms with Crippen LogP contribution in [0.5, 0.6) is 0 Å². The van der Waals surface area contributed by atoms with E-state index in [1.54, 1.807) is 4.90 Å². The van der Waals surface area contributed by atoms with Gasteiger partial charge in [0.15, 0.2) is 5.54 Å². The van der Waals surface area contributed by atoms with Crippen molar-refractivity contribution in [3.63, 3.8) is 0 Å². The minimum atomic E-state index is -1.18. The van der Waals surface area contributed by atoms with Crippen molar-refractivity contribution in [2.45, 2.75) is 19.0 Å². The highest BCUT2D eigenvalue weighted by Crippen LogP contribution is 2.43. The smallest absolute Gasteiger partial charge is 0.297 e. The maximum atomic E-state index is 13.7.